The molecule has 1 amide bonds. The average Bonchev–Trinajstić information content (AvgIpc) is 2.03. The summed E-state index contributed by atoms with van der Waals surface area (Å²) in [7, 11) is 0. The molecule has 13 heavy (non-hydrogen) atoms. The van der Waals surface area contributed by atoms with Gasteiger partial charge in [0, 0.05) is 20.0 Å². The molecule has 3 heteroatoms. The Morgan fingerprint density at radius 3 is 2.31 bits per heavy atom. The van der Waals surface area contributed by atoms with E-state index in [1.165, 1.54) is 0 Å². The molecule has 0 aromatic carbocycles. The first-order valence-corrected chi connectivity index (χ1v) is 5.05. The first-order chi connectivity index (χ1) is 6.11. The summed E-state index contributed by atoms with van der Waals surface area (Å²) >= 11 is 0. The van der Waals surface area contributed by atoms with Crippen LogP contribution in [-0.4, -0.2) is 35.1 Å². The van der Waals surface area contributed by atoms with Gasteiger partial charge in [0.05, 0.1) is 6.10 Å². The van der Waals surface area contributed by atoms with E-state index in [4.69, 9.17) is 0 Å². The molecule has 3 nitrogen and oxygen atoms in total. The highest BCUT2D eigenvalue weighted by Gasteiger charge is 2.45. The molecule has 0 aromatic rings. The summed E-state index contributed by atoms with van der Waals surface area (Å²) in [6, 6.07) is 0. The van der Waals surface area contributed by atoms with Gasteiger partial charge in [0.15, 0.2) is 0 Å². The van der Waals surface area contributed by atoms with Gasteiger partial charge in [0.1, 0.15) is 0 Å². The second kappa shape index (κ2) is 2.98. The highest BCUT2D eigenvalue weighted by atomic mass is 16.3. The maximum absolute atomic E-state index is 11.1. The quantitative estimate of drug-likeness (QED) is 0.602. The van der Waals surface area contributed by atoms with Crippen LogP contribution in [0, 0.1) is 5.41 Å². The van der Waals surface area contributed by atoms with E-state index in [1.54, 1.807) is 6.92 Å². The van der Waals surface area contributed by atoms with Crippen LogP contribution in [0.4, 0.5) is 0 Å². The van der Waals surface area contributed by atoms with Crippen molar-refractivity contribution in [2.24, 2.45) is 5.41 Å². The van der Waals surface area contributed by atoms with Crippen LogP contribution in [0.15, 0.2) is 0 Å². The predicted molar refractivity (Wildman–Crippen MR) is 49.2 cm³/mol. The van der Waals surface area contributed by atoms with E-state index in [9.17, 15) is 9.90 Å². The lowest BCUT2D eigenvalue weighted by atomic mass is 9.61. The number of carbonyl (C=O) groups is 1. The number of piperidine rings is 1. The molecule has 1 aliphatic carbocycles. The molecular formula is C10H17NO2. The molecule has 0 bridgehead atoms. The molecule has 1 N–H and O–H groups in total. The molecule has 1 spiro atoms. The van der Waals surface area contributed by atoms with Crippen molar-refractivity contribution in [2.75, 3.05) is 13.1 Å². The van der Waals surface area contributed by atoms with Crippen molar-refractivity contribution in [1.29, 1.82) is 0 Å². The summed E-state index contributed by atoms with van der Waals surface area (Å²) < 4.78 is 0. The Kier molecular flexibility index (Phi) is 2.06. The van der Waals surface area contributed by atoms with Gasteiger partial charge in [-0.05, 0) is 31.1 Å². The lowest BCUT2D eigenvalue weighted by Gasteiger charge is -2.50. The van der Waals surface area contributed by atoms with Crippen LogP contribution in [0.3, 0.4) is 0 Å². The van der Waals surface area contributed by atoms with Gasteiger partial charge in [-0.1, -0.05) is 0 Å². The second-order valence-corrected chi connectivity index (χ2v) is 4.57. The number of amides is 1. The van der Waals surface area contributed by atoms with Crippen LogP contribution in [-0.2, 0) is 4.79 Å². The molecule has 2 rings (SSSR count). The second-order valence-electron chi connectivity index (χ2n) is 4.57. The minimum absolute atomic E-state index is 0.0659. The van der Waals surface area contributed by atoms with E-state index in [1.807, 2.05) is 4.90 Å². The highest BCUT2D eigenvalue weighted by molar-refractivity contribution is 5.73. The van der Waals surface area contributed by atoms with Gasteiger partial charge in [-0.2, -0.15) is 0 Å². The predicted octanol–water partition coefficient (Wildman–Crippen LogP) is 0.770. The van der Waals surface area contributed by atoms with Crippen molar-refractivity contribution in [3.8, 4) is 0 Å². The Labute approximate surface area is 78.7 Å². The van der Waals surface area contributed by atoms with E-state index in [0.717, 1.165) is 38.8 Å². The van der Waals surface area contributed by atoms with Crippen LogP contribution in [0.1, 0.15) is 32.6 Å². The fourth-order valence-corrected chi connectivity index (χ4v) is 2.64. The fraction of sp³-hybridized carbons (Fsp3) is 0.900. The molecule has 2 fully saturated rings. The van der Waals surface area contributed by atoms with Gasteiger partial charge in [-0.25, -0.2) is 0 Å². The summed E-state index contributed by atoms with van der Waals surface area (Å²) in [5.74, 6) is 0.190. The Balaban J connectivity index is 1.86. The van der Waals surface area contributed by atoms with Crippen molar-refractivity contribution in [2.45, 2.75) is 38.7 Å². The number of aliphatic hydroxyl groups is 1. The molecule has 0 radical (unpaired) electrons. The topological polar surface area (TPSA) is 40.5 Å². The van der Waals surface area contributed by atoms with Crippen LogP contribution >= 0.6 is 0 Å². The lowest BCUT2D eigenvalue weighted by Crippen LogP contribution is -2.50. The van der Waals surface area contributed by atoms with E-state index in [2.05, 4.69) is 0 Å². The van der Waals surface area contributed by atoms with Gasteiger partial charge < -0.3 is 10.0 Å². The Bertz CT molecular complexity index is 211. The third kappa shape index (κ3) is 1.57. The maximum Gasteiger partial charge on any atom is 0.219 e. The van der Waals surface area contributed by atoms with E-state index >= 15 is 0 Å². The van der Waals surface area contributed by atoms with E-state index < -0.39 is 0 Å². The van der Waals surface area contributed by atoms with Crippen LogP contribution in [0.5, 0.6) is 0 Å². The van der Waals surface area contributed by atoms with Crippen molar-refractivity contribution in [3.05, 3.63) is 0 Å². The zero-order chi connectivity index (χ0) is 9.47. The summed E-state index contributed by atoms with van der Waals surface area (Å²) in [5.41, 5.74) is 0.394. The molecule has 2 aliphatic rings. The Morgan fingerprint density at radius 1 is 1.38 bits per heavy atom. The molecule has 1 saturated carbocycles. The number of rotatable bonds is 0. The highest BCUT2D eigenvalue weighted by Crippen LogP contribution is 2.48. The monoisotopic (exact) mass is 183 g/mol. The van der Waals surface area contributed by atoms with Crippen molar-refractivity contribution in [1.82, 2.24) is 4.90 Å². The largest absolute Gasteiger partial charge is 0.393 e. The molecule has 0 unspecified atom stereocenters. The molecule has 0 aromatic heterocycles. The van der Waals surface area contributed by atoms with Crippen LogP contribution in [0.25, 0.3) is 0 Å². The first-order valence-electron chi connectivity index (χ1n) is 5.05. The molecule has 0 atom stereocenters. The zero-order valence-corrected chi connectivity index (χ0v) is 8.12. The Hall–Kier alpha value is -0.570. The van der Waals surface area contributed by atoms with Crippen molar-refractivity contribution >= 4 is 5.91 Å². The van der Waals surface area contributed by atoms with E-state index in [0.29, 0.717) is 5.41 Å². The fourth-order valence-electron chi connectivity index (χ4n) is 2.64. The number of likely N-dealkylation sites (tertiary alicyclic amines) is 1. The first kappa shape index (κ1) is 9.00. The summed E-state index contributed by atoms with van der Waals surface area (Å²) in [6.07, 6.45) is 4.02. The number of hydrogen-bond donors (Lipinski definition) is 1. The third-order valence-electron chi connectivity index (χ3n) is 3.61. The normalized spacial score (nSPS) is 27.4. The summed E-state index contributed by atoms with van der Waals surface area (Å²) in [5, 5.41) is 9.26. The van der Waals surface area contributed by atoms with Crippen LogP contribution < -0.4 is 0 Å². The molecular weight excluding hydrogens is 166 g/mol. The maximum atomic E-state index is 11.1. The number of aliphatic hydroxyl groups excluding tert-OH is 1. The van der Waals surface area contributed by atoms with Crippen LogP contribution in [0.2, 0.25) is 0 Å². The smallest absolute Gasteiger partial charge is 0.219 e. The average molecular weight is 183 g/mol. The molecule has 1 heterocycles. The minimum Gasteiger partial charge on any atom is -0.393 e. The van der Waals surface area contributed by atoms with Gasteiger partial charge in [-0.15, -0.1) is 0 Å². The standard InChI is InChI=1S/C10H17NO2/c1-8(12)11-4-2-10(3-5-11)6-9(13)7-10/h9,13H,2-7H2,1H3. The molecule has 74 valence electrons. The van der Waals surface area contributed by atoms with Crippen molar-refractivity contribution in [3.63, 3.8) is 0 Å². The third-order valence-corrected chi connectivity index (χ3v) is 3.61. The van der Waals surface area contributed by atoms with Crippen molar-refractivity contribution < 1.29 is 9.90 Å². The lowest BCUT2D eigenvalue weighted by molar-refractivity contribution is -0.134. The van der Waals surface area contributed by atoms with E-state index in [-0.39, 0.29) is 12.0 Å². The summed E-state index contributed by atoms with van der Waals surface area (Å²) in [4.78, 5) is 13.0. The minimum atomic E-state index is -0.0659. The summed E-state index contributed by atoms with van der Waals surface area (Å²) in [6.45, 7) is 3.41. The molecule has 1 aliphatic heterocycles. The van der Waals surface area contributed by atoms with Gasteiger partial charge in [-0.3, -0.25) is 4.79 Å². The number of carbonyl (C=O) groups excluding carboxylic acids is 1. The van der Waals surface area contributed by atoms with Gasteiger partial charge >= 0.3 is 0 Å². The number of hydrogen-bond acceptors (Lipinski definition) is 2. The van der Waals surface area contributed by atoms with Gasteiger partial charge in [0.25, 0.3) is 0 Å². The van der Waals surface area contributed by atoms with Gasteiger partial charge in [0.2, 0.25) is 5.91 Å². The SMILES string of the molecule is CC(=O)N1CCC2(CC1)CC(O)C2. The molecule has 1 saturated heterocycles. The number of nitrogens with zero attached hydrogens (tertiary/aromatic N) is 1. The Morgan fingerprint density at radius 2 is 1.92 bits per heavy atom. The zero-order valence-electron chi connectivity index (χ0n) is 8.12.